The Hall–Kier alpha value is -0.810. The second-order valence-corrected chi connectivity index (χ2v) is 8.73. The van der Waals surface area contributed by atoms with Crippen LogP contribution in [0, 0.1) is 0 Å². The summed E-state index contributed by atoms with van der Waals surface area (Å²) < 4.78 is 16.4. The number of methoxy groups -OCH3 is 1. The van der Waals surface area contributed by atoms with Gasteiger partial charge in [0.1, 0.15) is 5.60 Å². The van der Waals surface area contributed by atoms with Gasteiger partial charge in [0, 0.05) is 40.0 Å². The van der Waals surface area contributed by atoms with Crippen LogP contribution in [0.3, 0.4) is 0 Å². The van der Waals surface area contributed by atoms with E-state index in [1.807, 2.05) is 20.8 Å². The van der Waals surface area contributed by atoms with Gasteiger partial charge < -0.3 is 29.7 Å². The van der Waals surface area contributed by atoms with Crippen molar-refractivity contribution in [1.29, 1.82) is 0 Å². The Morgan fingerprint density at radius 2 is 1.87 bits per heavy atom. The van der Waals surface area contributed by atoms with Gasteiger partial charge in [-0.15, -0.1) is 24.0 Å². The predicted molar refractivity (Wildman–Crippen MR) is 136 cm³/mol. The van der Waals surface area contributed by atoms with Crippen molar-refractivity contribution < 1.29 is 19.0 Å². The van der Waals surface area contributed by atoms with Crippen molar-refractivity contribution in [2.75, 3.05) is 46.5 Å². The second-order valence-electron chi connectivity index (χ2n) is 8.73. The van der Waals surface area contributed by atoms with Crippen LogP contribution in [0.1, 0.15) is 66.7 Å². The van der Waals surface area contributed by atoms with Gasteiger partial charge >= 0.3 is 6.09 Å². The summed E-state index contributed by atoms with van der Waals surface area (Å²) in [7, 11) is 1.72. The van der Waals surface area contributed by atoms with E-state index in [0.717, 1.165) is 70.9 Å². The molecule has 0 aromatic rings. The number of halogens is 1. The highest BCUT2D eigenvalue weighted by molar-refractivity contribution is 14.0. The molecule has 0 aromatic heterocycles. The molecule has 0 spiro atoms. The molecule has 0 aromatic carbocycles. The first-order chi connectivity index (χ1) is 14.3. The highest BCUT2D eigenvalue weighted by Gasteiger charge is 2.23. The van der Waals surface area contributed by atoms with Crippen molar-refractivity contribution in [3.05, 3.63) is 0 Å². The molecule has 8 nitrogen and oxygen atoms in total. The van der Waals surface area contributed by atoms with E-state index < -0.39 is 5.60 Å². The molecule has 1 fully saturated rings. The fourth-order valence-corrected chi connectivity index (χ4v) is 3.34. The fraction of sp³-hybridized carbons (Fsp3) is 0.909. The van der Waals surface area contributed by atoms with E-state index in [1.165, 1.54) is 0 Å². The van der Waals surface area contributed by atoms with Crippen LogP contribution in [0.2, 0.25) is 0 Å². The molecule has 1 amide bonds. The number of aliphatic imine (C=N–C) groups is 1. The Morgan fingerprint density at radius 1 is 1.19 bits per heavy atom. The van der Waals surface area contributed by atoms with Crippen LogP contribution in [0.5, 0.6) is 0 Å². The van der Waals surface area contributed by atoms with Gasteiger partial charge in [-0.25, -0.2) is 4.79 Å². The van der Waals surface area contributed by atoms with Gasteiger partial charge in [-0.3, -0.25) is 4.99 Å². The van der Waals surface area contributed by atoms with Crippen LogP contribution >= 0.6 is 24.0 Å². The minimum Gasteiger partial charge on any atom is -0.444 e. The zero-order chi connectivity index (χ0) is 22.4. The van der Waals surface area contributed by atoms with E-state index in [9.17, 15) is 4.79 Å². The Balaban J connectivity index is 0.00000900. The standard InChI is InChI=1S/C22H44N4O4.HI/c1-7-10-18(25-21(27)30-22(3,4)5)17-24-20(23-8-2)26-13-11-19(12-14-26)29-16-9-15-28-6;/h18-19H,7-17H2,1-6H3,(H,23,24)(H,25,27);1H. The summed E-state index contributed by atoms with van der Waals surface area (Å²) in [5.74, 6) is 0.905. The first-order valence-electron chi connectivity index (χ1n) is 11.4. The number of hydrogen-bond donors (Lipinski definition) is 2. The van der Waals surface area contributed by atoms with Gasteiger partial charge in [0.25, 0.3) is 0 Å². The summed E-state index contributed by atoms with van der Waals surface area (Å²) in [6.07, 6.45) is 4.68. The summed E-state index contributed by atoms with van der Waals surface area (Å²) in [5, 5.41) is 6.36. The van der Waals surface area contributed by atoms with Crippen LogP contribution in [0.4, 0.5) is 4.79 Å². The van der Waals surface area contributed by atoms with Crippen LogP contribution in [-0.2, 0) is 14.2 Å². The molecule has 1 rings (SSSR count). The van der Waals surface area contributed by atoms with Gasteiger partial charge in [0.15, 0.2) is 5.96 Å². The molecule has 1 unspecified atom stereocenters. The fourth-order valence-electron chi connectivity index (χ4n) is 3.34. The minimum atomic E-state index is -0.505. The van der Waals surface area contributed by atoms with Gasteiger partial charge in [0.2, 0.25) is 0 Å². The normalized spacial score (nSPS) is 16.5. The summed E-state index contributed by atoms with van der Waals surface area (Å²) in [5.41, 5.74) is -0.505. The summed E-state index contributed by atoms with van der Waals surface area (Å²) in [4.78, 5) is 19.3. The topological polar surface area (TPSA) is 84.4 Å². The maximum atomic E-state index is 12.1. The predicted octanol–water partition coefficient (Wildman–Crippen LogP) is 3.78. The number of alkyl carbamates (subject to hydrolysis) is 1. The zero-order valence-electron chi connectivity index (χ0n) is 20.4. The number of rotatable bonds is 11. The molecule has 1 aliphatic heterocycles. The van der Waals surface area contributed by atoms with Crippen molar-refractivity contribution in [3.8, 4) is 0 Å². The SMILES string of the molecule is CCCC(CN=C(NCC)N1CCC(OCCCOC)CC1)NC(=O)OC(C)(C)C.I. The molecule has 1 saturated heterocycles. The molecule has 9 heteroatoms. The number of carbonyl (C=O) groups excluding carboxylic acids is 1. The molecule has 0 saturated carbocycles. The monoisotopic (exact) mass is 556 g/mol. The zero-order valence-corrected chi connectivity index (χ0v) is 22.7. The quantitative estimate of drug-likeness (QED) is 0.175. The Morgan fingerprint density at radius 3 is 2.42 bits per heavy atom. The number of ether oxygens (including phenoxy) is 3. The van der Waals surface area contributed by atoms with E-state index in [0.29, 0.717) is 12.6 Å². The maximum Gasteiger partial charge on any atom is 0.407 e. The lowest BCUT2D eigenvalue weighted by Gasteiger charge is -2.34. The average Bonchev–Trinajstić information content (AvgIpc) is 2.67. The largest absolute Gasteiger partial charge is 0.444 e. The lowest BCUT2D eigenvalue weighted by Crippen LogP contribution is -2.48. The van der Waals surface area contributed by atoms with Crippen molar-refractivity contribution >= 4 is 36.0 Å². The lowest BCUT2D eigenvalue weighted by atomic mass is 10.1. The number of carbonyl (C=O) groups is 1. The third-order valence-electron chi connectivity index (χ3n) is 4.74. The Labute approximate surface area is 206 Å². The summed E-state index contributed by atoms with van der Waals surface area (Å²) in [6.45, 7) is 14.5. The molecule has 1 heterocycles. The van der Waals surface area contributed by atoms with E-state index in [2.05, 4.69) is 29.4 Å². The van der Waals surface area contributed by atoms with Gasteiger partial charge in [-0.2, -0.15) is 0 Å². The molecule has 0 aliphatic carbocycles. The van der Waals surface area contributed by atoms with Gasteiger partial charge in [0.05, 0.1) is 18.7 Å². The van der Waals surface area contributed by atoms with E-state index in [1.54, 1.807) is 7.11 Å². The maximum absolute atomic E-state index is 12.1. The van der Waals surface area contributed by atoms with Crippen LogP contribution in [0.15, 0.2) is 4.99 Å². The number of nitrogens with zero attached hydrogens (tertiary/aromatic N) is 2. The molecular weight excluding hydrogens is 511 g/mol. The third-order valence-corrected chi connectivity index (χ3v) is 4.74. The van der Waals surface area contributed by atoms with Gasteiger partial charge in [-0.05, 0) is 53.4 Å². The third kappa shape index (κ3) is 14.1. The van der Waals surface area contributed by atoms with E-state index in [-0.39, 0.29) is 36.1 Å². The second kappa shape index (κ2) is 16.8. The summed E-state index contributed by atoms with van der Waals surface area (Å²) >= 11 is 0. The van der Waals surface area contributed by atoms with Crippen LogP contribution in [-0.4, -0.2) is 81.2 Å². The molecular formula is C22H45IN4O4. The molecule has 0 radical (unpaired) electrons. The van der Waals surface area contributed by atoms with Crippen molar-refractivity contribution in [3.63, 3.8) is 0 Å². The van der Waals surface area contributed by atoms with Crippen molar-refractivity contribution in [1.82, 2.24) is 15.5 Å². The smallest absolute Gasteiger partial charge is 0.407 e. The highest BCUT2D eigenvalue weighted by atomic mass is 127. The van der Waals surface area contributed by atoms with E-state index >= 15 is 0 Å². The average molecular weight is 557 g/mol. The highest BCUT2D eigenvalue weighted by Crippen LogP contribution is 2.14. The number of likely N-dealkylation sites (tertiary alicyclic amines) is 1. The van der Waals surface area contributed by atoms with Crippen LogP contribution < -0.4 is 10.6 Å². The Kier molecular flexibility index (Phi) is 16.3. The summed E-state index contributed by atoms with van der Waals surface area (Å²) in [6, 6.07) is -0.0415. The lowest BCUT2D eigenvalue weighted by molar-refractivity contribution is 0.00988. The first-order valence-corrected chi connectivity index (χ1v) is 11.4. The number of hydrogen-bond acceptors (Lipinski definition) is 5. The van der Waals surface area contributed by atoms with Crippen molar-refractivity contribution in [2.24, 2.45) is 4.99 Å². The number of nitrogens with one attached hydrogen (secondary N) is 2. The van der Waals surface area contributed by atoms with Gasteiger partial charge in [-0.1, -0.05) is 13.3 Å². The molecule has 2 N–H and O–H groups in total. The molecule has 1 atom stereocenters. The molecule has 184 valence electrons. The first kappa shape index (κ1) is 30.2. The number of guanidine groups is 1. The number of piperidine rings is 1. The molecule has 31 heavy (non-hydrogen) atoms. The molecule has 1 aliphatic rings. The minimum absolute atomic E-state index is 0. The molecule has 0 bridgehead atoms. The number of amides is 1. The Bertz CT molecular complexity index is 506. The van der Waals surface area contributed by atoms with E-state index in [4.69, 9.17) is 19.2 Å². The van der Waals surface area contributed by atoms with Crippen LogP contribution in [0.25, 0.3) is 0 Å². The van der Waals surface area contributed by atoms with Crippen molar-refractivity contribution in [2.45, 2.75) is 84.5 Å².